The Bertz CT molecular complexity index is 335. The van der Waals surface area contributed by atoms with E-state index in [1.807, 2.05) is 19.3 Å². The number of aliphatic hydroxyl groups is 1. The lowest BCUT2D eigenvalue weighted by Gasteiger charge is -2.29. The Morgan fingerprint density at radius 3 is 2.94 bits per heavy atom. The molecule has 4 nitrogen and oxygen atoms in total. The van der Waals surface area contributed by atoms with Crippen LogP contribution in [0.15, 0.2) is 18.3 Å². The molecular formula is C12H19N3O. The Morgan fingerprint density at radius 2 is 2.25 bits per heavy atom. The number of likely N-dealkylation sites (tertiary alicyclic amines) is 1. The summed E-state index contributed by atoms with van der Waals surface area (Å²) >= 11 is 0. The number of piperidine rings is 1. The van der Waals surface area contributed by atoms with Crippen LogP contribution in [0.1, 0.15) is 18.5 Å². The molecule has 1 aromatic heterocycles. The van der Waals surface area contributed by atoms with E-state index in [0.717, 1.165) is 43.9 Å². The molecule has 1 fully saturated rings. The van der Waals surface area contributed by atoms with Crippen LogP contribution < -0.4 is 5.32 Å². The third-order valence-corrected chi connectivity index (χ3v) is 3.05. The maximum atomic E-state index is 9.42. The van der Waals surface area contributed by atoms with Crippen LogP contribution in [0.2, 0.25) is 0 Å². The molecule has 1 aliphatic heterocycles. The van der Waals surface area contributed by atoms with Crippen LogP contribution in [-0.4, -0.2) is 41.2 Å². The van der Waals surface area contributed by atoms with Gasteiger partial charge in [-0.2, -0.15) is 0 Å². The monoisotopic (exact) mass is 221 g/mol. The number of nitrogens with one attached hydrogen (secondary N) is 1. The summed E-state index contributed by atoms with van der Waals surface area (Å²) in [5.74, 6) is 0. The highest BCUT2D eigenvalue weighted by atomic mass is 16.3. The fraction of sp³-hybridized carbons (Fsp3) is 0.583. The Kier molecular flexibility index (Phi) is 3.74. The van der Waals surface area contributed by atoms with Gasteiger partial charge < -0.3 is 10.4 Å². The van der Waals surface area contributed by atoms with Crippen molar-refractivity contribution in [2.45, 2.75) is 25.5 Å². The SMILES string of the molecule is CNc1ccnc(CN2CCC(O)CC2)c1. The summed E-state index contributed by atoms with van der Waals surface area (Å²) < 4.78 is 0. The zero-order valence-corrected chi connectivity index (χ0v) is 9.69. The van der Waals surface area contributed by atoms with Gasteiger partial charge in [-0.15, -0.1) is 0 Å². The predicted octanol–water partition coefficient (Wildman–Crippen LogP) is 1.08. The molecule has 0 atom stereocenters. The maximum Gasteiger partial charge on any atom is 0.0564 e. The highest BCUT2D eigenvalue weighted by molar-refractivity contribution is 5.42. The second-order valence-corrected chi connectivity index (χ2v) is 4.29. The second kappa shape index (κ2) is 5.27. The first-order valence-corrected chi connectivity index (χ1v) is 5.81. The van der Waals surface area contributed by atoms with Crippen molar-refractivity contribution in [2.75, 3.05) is 25.5 Å². The molecule has 0 amide bonds. The first-order chi connectivity index (χ1) is 7.78. The lowest BCUT2D eigenvalue weighted by molar-refractivity contribution is 0.0787. The van der Waals surface area contributed by atoms with E-state index in [-0.39, 0.29) is 6.10 Å². The summed E-state index contributed by atoms with van der Waals surface area (Å²) in [7, 11) is 1.91. The molecule has 2 rings (SSSR count). The number of hydrogen-bond donors (Lipinski definition) is 2. The molecule has 16 heavy (non-hydrogen) atoms. The van der Waals surface area contributed by atoms with Crippen molar-refractivity contribution < 1.29 is 5.11 Å². The molecule has 1 aliphatic rings. The standard InChI is InChI=1S/C12H19N3O/c1-13-10-2-5-14-11(8-10)9-15-6-3-12(16)4-7-15/h2,5,8,12,16H,3-4,6-7,9H2,1H3,(H,13,14). The van der Waals surface area contributed by atoms with Crippen LogP contribution in [0.5, 0.6) is 0 Å². The quantitative estimate of drug-likeness (QED) is 0.802. The van der Waals surface area contributed by atoms with Crippen molar-refractivity contribution in [3.8, 4) is 0 Å². The van der Waals surface area contributed by atoms with Gasteiger partial charge in [-0.25, -0.2) is 0 Å². The summed E-state index contributed by atoms with van der Waals surface area (Å²) in [6, 6.07) is 4.04. The van der Waals surface area contributed by atoms with E-state index in [9.17, 15) is 5.11 Å². The summed E-state index contributed by atoms with van der Waals surface area (Å²) in [5.41, 5.74) is 2.19. The molecule has 0 aliphatic carbocycles. The predicted molar refractivity (Wildman–Crippen MR) is 64.3 cm³/mol. The lowest BCUT2D eigenvalue weighted by Crippen LogP contribution is -2.35. The van der Waals surface area contributed by atoms with Gasteiger partial charge in [0.15, 0.2) is 0 Å². The molecule has 0 unspecified atom stereocenters. The molecule has 1 aromatic rings. The number of hydrogen-bond acceptors (Lipinski definition) is 4. The van der Waals surface area contributed by atoms with Gasteiger partial charge >= 0.3 is 0 Å². The molecule has 0 aromatic carbocycles. The minimum Gasteiger partial charge on any atom is -0.393 e. The molecular weight excluding hydrogens is 202 g/mol. The van der Waals surface area contributed by atoms with Crippen molar-refractivity contribution in [1.29, 1.82) is 0 Å². The highest BCUT2D eigenvalue weighted by Gasteiger charge is 2.17. The van der Waals surface area contributed by atoms with Crippen LogP contribution in [-0.2, 0) is 6.54 Å². The lowest BCUT2D eigenvalue weighted by atomic mass is 10.1. The van der Waals surface area contributed by atoms with Crippen molar-refractivity contribution in [3.63, 3.8) is 0 Å². The molecule has 4 heteroatoms. The van der Waals surface area contributed by atoms with Gasteiger partial charge in [0.05, 0.1) is 11.8 Å². The van der Waals surface area contributed by atoms with Crippen molar-refractivity contribution in [1.82, 2.24) is 9.88 Å². The third kappa shape index (κ3) is 2.93. The van der Waals surface area contributed by atoms with E-state index in [4.69, 9.17) is 0 Å². The van der Waals surface area contributed by atoms with E-state index in [1.165, 1.54) is 0 Å². The summed E-state index contributed by atoms with van der Waals surface area (Å²) in [5, 5.41) is 12.5. The average Bonchev–Trinajstić information content (AvgIpc) is 2.32. The van der Waals surface area contributed by atoms with Gasteiger partial charge in [-0.3, -0.25) is 9.88 Å². The molecule has 1 saturated heterocycles. The van der Waals surface area contributed by atoms with Gasteiger partial charge in [0, 0.05) is 38.6 Å². The Labute approximate surface area is 96.3 Å². The summed E-state index contributed by atoms with van der Waals surface area (Å²) in [6.07, 6.45) is 3.49. The van der Waals surface area contributed by atoms with Crippen LogP contribution >= 0.6 is 0 Å². The first kappa shape index (κ1) is 11.4. The number of rotatable bonds is 3. The van der Waals surface area contributed by atoms with E-state index < -0.39 is 0 Å². The first-order valence-electron chi connectivity index (χ1n) is 5.81. The fourth-order valence-electron chi connectivity index (χ4n) is 2.03. The minimum absolute atomic E-state index is 0.104. The molecule has 0 radical (unpaired) electrons. The van der Waals surface area contributed by atoms with E-state index in [2.05, 4.69) is 21.3 Å². The zero-order chi connectivity index (χ0) is 11.4. The number of aliphatic hydroxyl groups excluding tert-OH is 1. The highest BCUT2D eigenvalue weighted by Crippen LogP contribution is 2.14. The topological polar surface area (TPSA) is 48.4 Å². The van der Waals surface area contributed by atoms with E-state index in [1.54, 1.807) is 0 Å². The van der Waals surface area contributed by atoms with Gasteiger partial charge in [0.1, 0.15) is 0 Å². The fourth-order valence-corrected chi connectivity index (χ4v) is 2.03. The molecule has 0 saturated carbocycles. The molecule has 2 N–H and O–H groups in total. The molecule has 2 heterocycles. The number of aromatic nitrogens is 1. The van der Waals surface area contributed by atoms with Gasteiger partial charge in [-0.1, -0.05) is 0 Å². The Morgan fingerprint density at radius 1 is 1.50 bits per heavy atom. The van der Waals surface area contributed by atoms with Gasteiger partial charge in [0.2, 0.25) is 0 Å². The average molecular weight is 221 g/mol. The minimum atomic E-state index is -0.104. The zero-order valence-electron chi connectivity index (χ0n) is 9.69. The van der Waals surface area contributed by atoms with Crippen molar-refractivity contribution in [2.24, 2.45) is 0 Å². The molecule has 0 bridgehead atoms. The van der Waals surface area contributed by atoms with Gasteiger partial charge in [0.25, 0.3) is 0 Å². The molecule has 88 valence electrons. The Hall–Kier alpha value is -1.13. The van der Waals surface area contributed by atoms with Gasteiger partial charge in [-0.05, 0) is 25.0 Å². The second-order valence-electron chi connectivity index (χ2n) is 4.29. The number of pyridine rings is 1. The normalized spacial score (nSPS) is 18.6. The molecule has 0 spiro atoms. The summed E-state index contributed by atoms with van der Waals surface area (Å²) in [6.45, 7) is 2.81. The van der Waals surface area contributed by atoms with Crippen LogP contribution in [0.3, 0.4) is 0 Å². The maximum absolute atomic E-state index is 9.42. The Balaban J connectivity index is 1.93. The largest absolute Gasteiger partial charge is 0.393 e. The van der Waals surface area contributed by atoms with Crippen molar-refractivity contribution in [3.05, 3.63) is 24.0 Å². The van der Waals surface area contributed by atoms with Crippen LogP contribution in [0, 0.1) is 0 Å². The smallest absolute Gasteiger partial charge is 0.0564 e. The van der Waals surface area contributed by atoms with E-state index in [0.29, 0.717) is 0 Å². The third-order valence-electron chi connectivity index (χ3n) is 3.05. The number of anilines is 1. The van der Waals surface area contributed by atoms with Crippen LogP contribution in [0.4, 0.5) is 5.69 Å². The number of nitrogens with zero attached hydrogens (tertiary/aromatic N) is 2. The van der Waals surface area contributed by atoms with E-state index >= 15 is 0 Å². The van der Waals surface area contributed by atoms with Crippen LogP contribution in [0.25, 0.3) is 0 Å². The summed E-state index contributed by atoms with van der Waals surface area (Å²) in [4.78, 5) is 6.70. The van der Waals surface area contributed by atoms with Crippen molar-refractivity contribution >= 4 is 5.69 Å².